The van der Waals surface area contributed by atoms with E-state index in [1.165, 1.54) is 11.8 Å². The predicted octanol–water partition coefficient (Wildman–Crippen LogP) is 2.55. The van der Waals surface area contributed by atoms with Crippen LogP contribution in [0.4, 0.5) is 0 Å². The summed E-state index contributed by atoms with van der Waals surface area (Å²) in [4.78, 5) is 14.3. The highest BCUT2D eigenvalue weighted by Gasteiger charge is 2.20. The number of furan rings is 1. The molecular weight excluding hydrogens is 392 g/mol. The van der Waals surface area contributed by atoms with Crippen LogP contribution in [0.25, 0.3) is 11.4 Å². The molecule has 0 bridgehead atoms. The summed E-state index contributed by atoms with van der Waals surface area (Å²) >= 11 is 1.38. The second-order valence-electron chi connectivity index (χ2n) is 6.49. The molecule has 1 aliphatic rings. The monoisotopic (exact) mass is 414 g/mol. The van der Waals surface area contributed by atoms with Crippen LogP contribution in [-0.4, -0.2) is 64.7 Å². The maximum Gasteiger partial charge on any atom is 0.233 e. The first-order chi connectivity index (χ1) is 14.2. The number of nitrogens with zero attached hydrogens (tertiary/aromatic N) is 4. The lowest BCUT2D eigenvalue weighted by Gasteiger charge is -2.26. The van der Waals surface area contributed by atoms with Gasteiger partial charge in [-0.05, 0) is 24.3 Å². The van der Waals surface area contributed by atoms with E-state index in [1.54, 1.807) is 13.4 Å². The molecule has 0 aliphatic carbocycles. The van der Waals surface area contributed by atoms with Gasteiger partial charge in [-0.15, -0.1) is 10.2 Å². The Balaban J connectivity index is 1.57. The third-order valence-electron chi connectivity index (χ3n) is 4.63. The van der Waals surface area contributed by atoms with Gasteiger partial charge in [-0.2, -0.15) is 0 Å². The van der Waals surface area contributed by atoms with Crippen molar-refractivity contribution in [2.45, 2.75) is 11.7 Å². The van der Waals surface area contributed by atoms with Crippen LogP contribution in [0.15, 0.2) is 52.2 Å². The zero-order valence-electron chi connectivity index (χ0n) is 16.1. The standard InChI is InChI=1S/C20H22N4O4S/c1-26-16-5-2-4-15(12-16)19-21-22-20(24(19)13-17-6-3-9-28-17)29-14-18(25)23-7-10-27-11-8-23/h2-6,9,12H,7-8,10-11,13-14H2,1H3. The van der Waals surface area contributed by atoms with Crippen LogP contribution in [0, 0.1) is 0 Å². The van der Waals surface area contributed by atoms with Gasteiger partial charge in [0.25, 0.3) is 0 Å². The molecule has 152 valence electrons. The van der Waals surface area contributed by atoms with Gasteiger partial charge in [0, 0.05) is 18.7 Å². The number of rotatable bonds is 7. The lowest BCUT2D eigenvalue weighted by molar-refractivity contribution is -0.132. The Morgan fingerprint density at radius 3 is 2.83 bits per heavy atom. The molecular formula is C20H22N4O4S. The summed E-state index contributed by atoms with van der Waals surface area (Å²) in [6, 6.07) is 11.4. The van der Waals surface area contributed by atoms with Crippen molar-refractivity contribution in [1.29, 1.82) is 0 Å². The normalized spacial score (nSPS) is 14.2. The Kier molecular flexibility index (Phi) is 6.16. The van der Waals surface area contributed by atoms with Crippen molar-refractivity contribution in [2.24, 2.45) is 0 Å². The SMILES string of the molecule is COc1cccc(-c2nnc(SCC(=O)N3CCOCC3)n2Cc2ccco2)c1. The Morgan fingerprint density at radius 2 is 2.07 bits per heavy atom. The summed E-state index contributed by atoms with van der Waals surface area (Å²) in [5, 5.41) is 9.39. The van der Waals surface area contributed by atoms with E-state index in [9.17, 15) is 4.79 Å². The third kappa shape index (κ3) is 4.63. The molecule has 3 heterocycles. The molecule has 0 atom stereocenters. The van der Waals surface area contributed by atoms with E-state index >= 15 is 0 Å². The average Bonchev–Trinajstić information content (AvgIpc) is 3.43. The molecule has 8 nitrogen and oxygen atoms in total. The lowest BCUT2D eigenvalue weighted by Crippen LogP contribution is -2.41. The summed E-state index contributed by atoms with van der Waals surface area (Å²) in [5.74, 6) is 2.60. The van der Waals surface area contributed by atoms with Gasteiger partial charge in [-0.1, -0.05) is 23.9 Å². The number of hydrogen-bond acceptors (Lipinski definition) is 7. The molecule has 1 aliphatic heterocycles. The van der Waals surface area contributed by atoms with E-state index in [0.717, 1.165) is 17.1 Å². The molecule has 0 saturated carbocycles. The van der Waals surface area contributed by atoms with E-state index < -0.39 is 0 Å². The Morgan fingerprint density at radius 1 is 1.21 bits per heavy atom. The van der Waals surface area contributed by atoms with Crippen LogP contribution < -0.4 is 4.74 Å². The molecule has 9 heteroatoms. The highest BCUT2D eigenvalue weighted by molar-refractivity contribution is 7.99. The Bertz CT molecular complexity index is 951. The molecule has 4 rings (SSSR count). The zero-order valence-corrected chi connectivity index (χ0v) is 16.9. The van der Waals surface area contributed by atoms with Gasteiger partial charge in [-0.3, -0.25) is 9.36 Å². The van der Waals surface area contributed by atoms with Crippen molar-refractivity contribution in [1.82, 2.24) is 19.7 Å². The fraction of sp³-hybridized carbons (Fsp3) is 0.350. The van der Waals surface area contributed by atoms with Gasteiger partial charge < -0.3 is 18.8 Å². The third-order valence-corrected chi connectivity index (χ3v) is 5.58. The van der Waals surface area contributed by atoms with Crippen LogP contribution >= 0.6 is 11.8 Å². The minimum Gasteiger partial charge on any atom is -0.497 e. The number of ether oxygens (including phenoxy) is 2. The van der Waals surface area contributed by atoms with Crippen LogP contribution in [0.2, 0.25) is 0 Å². The van der Waals surface area contributed by atoms with E-state index in [2.05, 4.69) is 10.2 Å². The quantitative estimate of drug-likeness (QED) is 0.550. The number of morpholine rings is 1. The second kappa shape index (κ2) is 9.15. The molecule has 0 spiro atoms. The summed E-state index contributed by atoms with van der Waals surface area (Å²) in [6.07, 6.45) is 1.64. The molecule has 29 heavy (non-hydrogen) atoms. The molecule has 0 N–H and O–H groups in total. The van der Waals surface area contributed by atoms with Crippen molar-refractivity contribution in [2.75, 3.05) is 39.2 Å². The summed E-state index contributed by atoms with van der Waals surface area (Å²) < 4.78 is 18.1. The highest BCUT2D eigenvalue weighted by Crippen LogP contribution is 2.27. The van der Waals surface area contributed by atoms with Gasteiger partial charge in [0.15, 0.2) is 11.0 Å². The van der Waals surface area contributed by atoms with Gasteiger partial charge in [-0.25, -0.2) is 0 Å². The van der Waals surface area contributed by atoms with Gasteiger partial charge in [0.2, 0.25) is 5.91 Å². The first-order valence-corrected chi connectivity index (χ1v) is 10.3. The maximum absolute atomic E-state index is 12.5. The summed E-state index contributed by atoms with van der Waals surface area (Å²) in [7, 11) is 1.63. The van der Waals surface area contributed by atoms with Crippen LogP contribution in [0.5, 0.6) is 5.75 Å². The predicted molar refractivity (Wildman–Crippen MR) is 108 cm³/mol. The smallest absolute Gasteiger partial charge is 0.233 e. The van der Waals surface area contributed by atoms with Crippen molar-refractivity contribution in [3.8, 4) is 17.1 Å². The topological polar surface area (TPSA) is 82.6 Å². The van der Waals surface area contributed by atoms with Crippen molar-refractivity contribution in [3.05, 3.63) is 48.4 Å². The molecule has 1 aromatic carbocycles. The lowest BCUT2D eigenvalue weighted by atomic mass is 10.2. The van der Waals surface area contributed by atoms with Crippen molar-refractivity contribution < 1.29 is 18.7 Å². The number of methoxy groups -OCH3 is 1. The molecule has 1 amide bonds. The molecule has 2 aromatic heterocycles. The Labute approximate surface area is 172 Å². The summed E-state index contributed by atoms with van der Waals surface area (Å²) in [5.41, 5.74) is 0.884. The largest absolute Gasteiger partial charge is 0.497 e. The molecule has 0 unspecified atom stereocenters. The van der Waals surface area contributed by atoms with Gasteiger partial charge >= 0.3 is 0 Å². The number of benzene rings is 1. The minimum absolute atomic E-state index is 0.0776. The van der Waals surface area contributed by atoms with Crippen LogP contribution in [0.1, 0.15) is 5.76 Å². The number of hydrogen-bond donors (Lipinski definition) is 0. The minimum atomic E-state index is 0.0776. The number of carbonyl (C=O) groups excluding carboxylic acids is 1. The van der Waals surface area contributed by atoms with E-state index in [1.807, 2.05) is 45.9 Å². The van der Waals surface area contributed by atoms with Gasteiger partial charge in [0.1, 0.15) is 11.5 Å². The van der Waals surface area contributed by atoms with E-state index in [0.29, 0.717) is 49.6 Å². The average molecular weight is 414 g/mol. The first kappa shape index (κ1) is 19.5. The van der Waals surface area contributed by atoms with Gasteiger partial charge in [0.05, 0.1) is 38.9 Å². The van der Waals surface area contributed by atoms with Crippen molar-refractivity contribution >= 4 is 17.7 Å². The first-order valence-electron chi connectivity index (χ1n) is 9.33. The fourth-order valence-electron chi connectivity index (χ4n) is 3.10. The van der Waals surface area contributed by atoms with Crippen molar-refractivity contribution in [3.63, 3.8) is 0 Å². The molecule has 3 aromatic rings. The second-order valence-corrected chi connectivity index (χ2v) is 7.43. The Hall–Kier alpha value is -2.78. The highest BCUT2D eigenvalue weighted by atomic mass is 32.2. The molecule has 1 fully saturated rings. The summed E-state index contributed by atoms with van der Waals surface area (Å²) in [6.45, 7) is 2.91. The molecule has 0 radical (unpaired) electrons. The number of thioether (sulfide) groups is 1. The number of carbonyl (C=O) groups is 1. The maximum atomic E-state index is 12.5. The number of aromatic nitrogens is 3. The zero-order chi connectivity index (χ0) is 20.1. The van der Waals surface area contributed by atoms with E-state index in [-0.39, 0.29) is 5.91 Å². The fourth-order valence-corrected chi connectivity index (χ4v) is 3.94. The van der Waals surface area contributed by atoms with Crippen LogP contribution in [-0.2, 0) is 16.1 Å². The van der Waals surface area contributed by atoms with Crippen LogP contribution in [0.3, 0.4) is 0 Å². The van der Waals surface area contributed by atoms with E-state index in [4.69, 9.17) is 13.9 Å². The molecule has 1 saturated heterocycles. The number of amides is 1.